The van der Waals surface area contributed by atoms with Crippen LogP contribution in [0.4, 0.5) is 14.5 Å². The van der Waals surface area contributed by atoms with Crippen LogP contribution >= 0.6 is 11.3 Å². The van der Waals surface area contributed by atoms with E-state index in [0.29, 0.717) is 10.2 Å². The van der Waals surface area contributed by atoms with Crippen molar-refractivity contribution in [1.29, 1.82) is 0 Å². The number of rotatable bonds is 4. The minimum absolute atomic E-state index is 0.282. The van der Waals surface area contributed by atoms with Gasteiger partial charge in [-0.2, -0.15) is 0 Å². The first-order chi connectivity index (χ1) is 13.9. The predicted octanol–water partition coefficient (Wildman–Crippen LogP) is 4.35. The second kappa shape index (κ2) is 7.56. The van der Waals surface area contributed by atoms with Crippen LogP contribution in [0.5, 0.6) is 0 Å². The smallest absolute Gasteiger partial charge is 0.262 e. The summed E-state index contributed by atoms with van der Waals surface area (Å²) in [4.78, 5) is 31.0. The zero-order valence-electron chi connectivity index (χ0n) is 15.3. The number of carbonyl (C=O) groups is 1. The van der Waals surface area contributed by atoms with Crippen molar-refractivity contribution >= 4 is 33.1 Å². The number of amides is 1. The molecule has 4 rings (SSSR count). The highest BCUT2D eigenvalue weighted by molar-refractivity contribution is 7.22. The number of aryl methyl sites for hydroxylation is 1. The molecule has 1 N–H and O–H groups in total. The molecule has 1 amide bonds. The maximum Gasteiger partial charge on any atom is 0.262 e. The van der Waals surface area contributed by atoms with Crippen LogP contribution in [0.1, 0.15) is 5.56 Å². The van der Waals surface area contributed by atoms with Crippen LogP contribution < -0.4 is 10.9 Å². The predicted molar refractivity (Wildman–Crippen MR) is 109 cm³/mol. The molecule has 146 valence electrons. The Kier molecular flexibility index (Phi) is 4.94. The molecule has 0 fully saturated rings. The van der Waals surface area contributed by atoms with E-state index in [-0.39, 0.29) is 17.8 Å². The van der Waals surface area contributed by atoms with Gasteiger partial charge in [0.1, 0.15) is 23.0 Å². The van der Waals surface area contributed by atoms with Gasteiger partial charge in [0, 0.05) is 10.9 Å². The van der Waals surface area contributed by atoms with Gasteiger partial charge in [-0.3, -0.25) is 14.2 Å². The number of hydrogen-bond acceptors (Lipinski definition) is 4. The molecule has 5 nitrogen and oxygen atoms in total. The quantitative estimate of drug-likeness (QED) is 0.543. The van der Waals surface area contributed by atoms with Crippen LogP contribution in [-0.2, 0) is 11.3 Å². The van der Waals surface area contributed by atoms with Gasteiger partial charge in [-0.05, 0) is 30.2 Å². The van der Waals surface area contributed by atoms with E-state index in [1.54, 1.807) is 0 Å². The monoisotopic (exact) mass is 411 g/mol. The van der Waals surface area contributed by atoms with Crippen LogP contribution in [0, 0.1) is 18.6 Å². The summed E-state index contributed by atoms with van der Waals surface area (Å²) in [6.45, 7) is 1.48. The van der Waals surface area contributed by atoms with Gasteiger partial charge in [-0.1, -0.05) is 30.3 Å². The average molecular weight is 411 g/mol. The van der Waals surface area contributed by atoms with Crippen molar-refractivity contribution in [2.24, 2.45) is 0 Å². The van der Waals surface area contributed by atoms with E-state index in [2.05, 4.69) is 10.3 Å². The third-order valence-corrected chi connectivity index (χ3v) is 5.72. The Balaban J connectivity index is 1.66. The van der Waals surface area contributed by atoms with Crippen molar-refractivity contribution in [3.8, 4) is 10.4 Å². The van der Waals surface area contributed by atoms with Gasteiger partial charge < -0.3 is 5.32 Å². The van der Waals surface area contributed by atoms with Gasteiger partial charge in [-0.15, -0.1) is 11.3 Å². The fourth-order valence-corrected chi connectivity index (χ4v) is 4.22. The normalized spacial score (nSPS) is 11.0. The summed E-state index contributed by atoms with van der Waals surface area (Å²) >= 11 is 1.41. The summed E-state index contributed by atoms with van der Waals surface area (Å²) in [5.74, 6) is -2.10. The lowest BCUT2D eigenvalue weighted by atomic mass is 10.1. The van der Waals surface area contributed by atoms with E-state index in [4.69, 9.17) is 0 Å². The van der Waals surface area contributed by atoms with E-state index < -0.39 is 17.5 Å². The summed E-state index contributed by atoms with van der Waals surface area (Å²) in [6.07, 6.45) is 1.29. The van der Waals surface area contributed by atoms with Crippen LogP contribution in [0.3, 0.4) is 0 Å². The number of nitrogens with one attached hydrogen (secondary N) is 1. The van der Waals surface area contributed by atoms with Gasteiger partial charge in [-0.25, -0.2) is 13.8 Å². The average Bonchev–Trinajstić information content (AvgIpc) is 3.05. The topological polar surface area (TPSA) is 64.0 Å². The number of fused-ring (bicyclic) bond motifs is 1. The molecule has 8 heteroatoms. The molecule has 0 aliphatic carbocycles. The Bertz CT molecular complexity index is 1280. The SMILES string of the molecule is Cc1c(-c2ccccc2)sc2ncn(CC(=O)Nc3cc(F)ccc3F)c(=O)c12. The Morgan fingerprint density at radius 2 is 1.93 bits per heavy atom. The molecule has 2 aromatic carbocycles. The van der Waals surface area contributed by atoms with Gasteiger partial charge in [0.15, 0.2) is 0 Å². The molecule has 4 aromatic rings. The highest BCUT2D eigenvalue weighted by Gasteiger charge is 2.17. The molecule has 0 saturated heterocycles. The molecule has 0 saturated carbocycles. The number of aromatic nitrogens is 2. The molecular formula is C21H15F2N3O2S. The van der Waals surface area contributed by atoms with Crippen molar-refractivity contribution in [3.63, 3.8) is 0 Å². The van der Waals surface area contributed by atoms with Crippen molar-refractivity contribution in [3.05, 3.63) is 82.4 Å². The highest BCUT2D eigenvalue weighted by Crippen LogP contribution is 2.35. The summed E-state index contributed by atoms with van der Waals surface area (Å²) in [6, 6.07) is 12.4. The second-order valence-electron chi connectivity index (χ2n) is 6.45. The molecule has 0 unspecified atom stereocenters. The lowest BCUT2D eigenvalue weighted by Gasteiger charge is -2.08. The van der Waals surface area contributed by atoms with E-state index in [9.17, 15) is 18.4 Å². The van der Waals surface area contributed by atoms with E-state index >= 15 is 0 Å². The first-order valence-corrected chi connectivity index (χ1v) is 9.54. The third kappa shape index (κ3) is 3.66. The molecule has 0 radical (unpaired) electrons. The Morgan fingerprint density at radius 1 is 1.17 bits per heavy atom. The first kappa shape index (κ1) is 18.9. The minimum atomic E-state index is -0.762. The standard InChI is InChI=1S/C21H15F2N3O2S/c1-12-18-20(29-19(12)13-5-3-2-4-6-13)24-11-26(21(18)28)10-17(27)25-16-9-14(22)7-8-15(16)23/h2-9,11H,10H2,1H3,(H,25,27). The summed E-state index contributed by atoms with van der Waals surface area (Å²) in [5.41, 5.74) is 1.13. The van der Waals surface area contributed by atoms with E-state index in [1.165, 1.54) is 17.7 Å². The van der Waals surface area contributed by atoms with Gasteiger partial charge in [0.05, 0.1) is 17.4 Å². The van der Waals surface area contributed by atoms with E-state index in [0.717, 1.165) is 38.8 Å². The van der Waals surface area contributed by atoms with Crippen LogP contribution in [0.25, 0.3) is 20.7 Å². The maximum absolute atomic E-state index is 13.7. The summed E-state index contributed by atoms with van der Waals surface area (Å²) < 4.78 is 28.1. The Labute approximate surface area is 168 Å². The van der Waals surface area contributed by atoms with Gasteiger partial charge >= 0.3 is 0 Å². The van der Waals surface area contributed by atoms with Gasteiger partial charge in [0.2, 0.25) is 5.91 Å². The summed E-state index contributed by atoms with van der Waals surface area (Å²) in [7, 11) is 0. The maximum atomic E-state index is 13.7. The number of hydrogen-bond donors (Lipinski definition) is 1. The van der Waals surface area contributed by atoms with Crippen molar-refractivity contribution < 1.29 is 13.6 Å². The van der Waals surface area contributed by atoms with Crippen molar-refractivity contribution in [2.75, 3.05) is 5.32 Å². The fraction of sp³-hybridized carbons (Fsp3) is 0.0952. The van der Waals surface area contributed by atoms with Gasteiger partial charge in [0.25, 0.3) is 5.56 Å². The number of nitrogens with zero attached hydrogens (tertiary/aromatic N) is 2. The Morgan fingerprint density at radius 3 is 2.69 bits per heavy atom. The molecule has 2 aromatic heterocycles. The molecule has 0 bridgehead atoms. The fourth-order valence-electron chi connectivity index (χ4n) is 3.07. The molecule has 0 spiro atoms. The molecular weight excluding hydrogens is 396 g/mol. The molecule has 29 heavy (non-hydrogen) atoms. The Hall–Kier alpha value is -3.39. The number of carbonyl (C=O) groups excluding carboxylic acids is 1. The number of halogens is 2. The molecule has 0 aliphatic rings. The van der Waals surface area contributed by atoms with Crippen LogP contribution in [0.15, 0.2) is 59.7 Å². The zero-order valence-corrected chi connectivity index (χ0v) is 16.1. The first-order valence-electron chi connectivity index (χ1n) is 8.73. The number of thiophene rings is 1. The van der Waals surface area contributed by atoms with Crippen LogP contribution in [-0.4, -0.2) is 15.5 Å². The second-order valence-corrected chi connectivity index (χ2v) is 7.45. The lowest BCUT2D eigenvalue weighted by Crippen LogP contribution is -2.28. The lowest BCUT2D eigenvalue weighted by molar-refractivity contribution is -0.116. The number of anilines is 1. The zero-order chi connectivity index (χ0) is 20.5. The third-order valence-electron chi connectivity index (χ3n) is 4.47. The largest absolute Gasteiger partial charge is 0.322 e. The molecule has 2 heterocycles. The number of benzene rings is 2. The van der Waals surface area contributed by atoms with E-state index in [1.807, 2.05) is 37.3 Å². The minimum Gasteiger partial charge on any atom is -0.322 e. The van der Waals surface area contributed by atoms with Crippen LogP contribution in [0.2, 0.25) is 0 Å². The molecule has 0 aliphatic heterocycles. The van der Waals surface area contributed by atoms with Crippen molar-refractivity contribution in [2.45, 2.75) is 13.5 Å². The highest BCUT2D eigenvalue weighted by atomic mass is 32.1. The van der Waals surface area contributed by atoms with Crippen molar-refractivity contribution in [1.82, 2.24) is 9.55 Å². The summed E-state index contributed by atoms with van der Waals surface area (Å²) in [5, 5.41) is 2.73. The molecule has 0 atom stereocenters.